The van der Waals surface area contributed by atoms with Gasteiger partial charge in [0.25, 0.3) is 0 Å². The molecule has 0 radical (unpaired) electrons. The van der Waals surface area contributed by atoms with Crippen LogP contribution in [0.25, 0.3) is 0 Å². The lowest BCUT2D eigenvalue weighted by Gasteiger charge is -2.09. The van der Waals surface area contributed by atoms with Gasteiger partial charge in [-0.2, -0.15) is 21.0 Å². The van der Waals surface area contributed by atoms with E-state index in [2.05, 4.69) is 22.0 Å². The number of nitrogens with two attached hydrogens (primary N) is 1. The van der Waals surface area contributed by atoms with Gasteiger partial charge in [0, 0.05) is 10.4 Å². The highest BCUT2D eigenvalue weighted by molar-refractivity contribution is 9.10. The predicted octanol–water partition coefficient (Wildman–Crippen LogP) is 2.46. The lowest BCUT2D eigenvalue weighted by atomic mass is 9.94. The normalized spacial score (nSPS) is 25.6. The number of benzene rings is 1. The second-order valence-electron chi connectivity index (χ2n) is 4.63. The molecule has 3 atom stereocenters. The van der Waals surface area contributed by atoms with Crippen molar-refractivity contribution in [3.8, 4) is 24.3 Å². The number of allylic oxidation sites excluding steroid dienone is 2. The van der Waals surface area contributed by atoms with Crippen LogP contribution in [-0.2, 0) is 0 Å². The summed E-state index contributed by atoms with van der Waals surface area (Å²) in [5.74, 6) is -1.12. The molecule has 1 aromatic rings. The van der Waals surface area contributed by atoms with Gasteiger partial charge in [-0.05, 0) is 17.7 Å². The Morgan fingerprint density at radius 1 is 1.19 bits per heavy atom. The Morgan fingerprint density at radius 3 is 2.33 bits per heavy atom. The van der Waals surface area contributed by atoms with Crippen molar-refractivity contribution in [2.45, 2.75) is 5.92 Å². The molecular formula is C15H8BrN5. The van der Waals surface area contributed by atoms with Gasteiger partial charge < -0.3 is 5.73 Å². The Bertz CT molecular complexity index is 783. The number of halogens is 1. The average molecular weight is 338 g/mol. The minimum absolute atomic E-state index is 0.119. The Balaban J connectivity index is 2.60. The molecule has 0 heterocycles. The van der Waals surface area contributed by atoms with Crippen molar-refractivity contribution in [2.24, 2.45) is 17.1 Å². The summed E-state index contributed by atoms with van der Waals surface area (Å²) in [7, 11) is 0. The van der Waals surface area contributed by atoms with Crippen molar-refractivity contribution in [3.63, 3.8) is 0 Å². The first kappa shape index (κ1) is 14.6. The Hall–Kier alpha value is -2.80. The molecule has 0 aliphatic heterocycles. The van der Waals surface area contributed by atoms with Crippen LogP contribution in [0.1, 0.15) is 11.5 Å². The lowest BCUT2D eigenvalue weighted by molar-refractivity contribution is 0.719. The van der Waals surface area contributed by atoms with Crippen molar-refractivity contribution >= 4 is 15.9 Å². The molecule has 0 bridgehead atoms. The predicted molar refractivity (Wildman–Crippen MR) is 76.5 cm³/mol. The number of rotatable bonds is 2. The van der Waals surface area contributed by atoms with Gasteiger partial charge in [0.2, 0.25) is 0 Å². The third kappa shape index (κ3) is 2.03. The fraction of sp³-hybridized carbons (Fsp3) is 0.200. The summed E-state index contributed by atoms with van der Waals surface area (Å²) in [5.41, 5.74) is 4.91. The highest BCUT2D eigenvalue weighted by atomic mass is 79.9. The number of nitrogens with zero attached hydrogens (tertiary/aromatic N) is 4. The van der Waals surface area contributed by atoms with Crippen molar-refractivity contribution in [2.75, 3.05) is 0 Å². The third-order valence-electron chi connectivity index (χ3n) is 3.68. The molecule has 1 fully saturated rings. The molecule has 100 valence electrons. The van der Waals surface area contributed by atoms with Gasteiger partial charge in [0.05, 0.1) is 23.8 Å². The molecule has 0 aromatic heterocycles. The van der Waals surface area contributed by atoms with E-state index in [9.17, 15) is 10.5 Å². The van der Waals surface area contributed by atoms with Crippen LogP contribution in [0.4, 0.5) is 0 Å². The first-order chi connectivity index (χ1) is 10.1. The molecule has 21 heavy (non-hydrogen) atoms. The molecule has 1 aromatic carbocycles. The van der Waals surface area contributed by atoms with Gasteiger partial charge >= 0.3 is 0 Å². The molecule has 1 saturated carbocycles. The van der Waals surface area contributed by atoms with E-state index in [0.29, 0.717) is 0 Å². The fourth-order valence-corrected chi connectivity index (χ4v) is 3.02. The highest BCUT2D eigenvalue weighted by Gasteiger charge is 2.69. The monoisotopic (exact) mass is 337 g/mol. The zero-order chi connectivity index (χ0) is 15.6. The molecule has 1 aliphatic carbocycles. The zero-order valence-corrected chi connectivity index (χ0v) is 12.3. The Morgan fingerprint density at radius 2 is 1.86 bits per heavy atom. The molecule has 0 saturated heterocycles. The maximum atomic E-state index is 9.52. The molecular weight excluding hydrogens is 330 g/mol. The zero-order valence-electron chi connectivity index (χ0n) is 10.7. The van der Waals surface area contributed by atoms with E-state index in [1.165, 1.54) is 0 Å². The van der Waals surface area contributed by atoms with E-state index in [1.54, 1.807) is 30.3 Å². The first-order valence-corrected chi connectivity index (χ1v) is 6.72. The molecule has 1 aliphatic rings. The summed E-state index contributed by atoms with van der Waals surface area (Å²) < 4.78 is 0.818. The minimum atomic E-state index is -1.31. The highest BCUT2D eigenvalue weighted by Crippen LogP contribution is 2.67. The smallest absolute Gasteiger partial charge is 0.150 e. The summed E-state index contributed by atoms with van der Waals surface area (Å²) in [5, 5.41) is 36.7. The van der Waals surface area contributed by atoms with Crippen LogP contribution in [0.15, 0.2) is 40.0 Å². The fourth-order valence-electron chi connectivity index (χ4n) is 2.61. The summed E-state index contributed by atoms with van der Waals surface area (Å²) >= 11 is 3.34. The average Bonchev–Trinajstić information content (AvgIpc) is 3.17. The van der Waals surface area contributed by atoms with Gasteiger partial charge in [0.15, 0.2) is 0 Å². The van der Waals surface area contributed by atoms with E-state index in [1.807, 2.05) is 12.1 Å². The molecule has 0 spiro atoms. The Labute approximate surface area is 130 Å². The topological polar surface area (TPSA) is 121 Å². The van der Waals surface area contributed by atoms with Gasteiger partial charge in [-0.1, -0.05) is 28.1 Å². The maximum Gasteiger partial charge on any atom is 0.150 e. The van der Waals surface area contributed by atoms with Crippen molar-refractivity contribution < 1.29 is 0 Å². The number of nitriles is 4. The summed E-state index contributed by atoms with van der Waals surface area (Å²) in [4.78, 5) is 0. The van der Waals surface area contributed by atoms with Crippen molar-refractivity contribution in [1.29, 1.82) is 21.0 Å². The van der Waals surface area contributed by atoms with Gasteiger partial charge in [-0.3, -0.25) is 0 Å². The van der Waals surface area contributed by atoms with Crippen LogP contribution in [-0.4, -0.2) is 0 Å². The van der Waals surface area contributed by atoms with Crippen LogP contribution in [0.2, 0.25) is 0 Å². The number of hydrogen-bond donors (Lipinski definition) is 1. The Kier molecular flexibility index (Phi) is 3.68. The quantitative estimate of drug-likeness (QED) is 0.830. The second kappa shape index (κ2) is 5.29. The van der Waals surface area contributed by atoms with Crippen LogP contribution >= 0.6 is 15.9 Å². The molecule has 2 rings (SSSR count). The maximum absolute atomic E-state index is 9.52. The first-order valence-electron chi connectivity index (χ1n) is 5.93. The van der Waals surface area contributed by atoms with E-state index in [4.69, 9.17) is 16.3 Å². The standard InChI is InChI=1S/C15H8BrN5/c16-11-3-1-2-9(4-11)13-12(7-19)15(13,8-20)14(21)10(5-17)6-18/h1-4,12-13H,21H2/t12-,13-,15-/m1/s1. The minimum Gasteiger partial charge on any atom is -0.399 e. The summed E-state index contributed by atoms with van der Waals surface area (Å²) in [6.45, 7) is 0. The molecule has 5 nitrogen and oxygen atoms in total. The largest absolute Gasteiger partial charge is 0.399 e. The molecule has 2 N–H and O–H groups in total. The van der Waals surface area contributed by atoms with E-state index in [-0.39, 0.29) is 11.3 Å². The van der Waals surface area contributed by atoms with Gasteiger partial charge in [-0.25, -0.2) is 0 Å². The summed E-state index contributed by atoms with van der Waals surface area (Å²) in [6.07, 6.45) is 0. The van der Waals surface area contributed by atoms with Crippen LogP contribution < -0.4 is 5.73 Å². The lowest BCUT2D eigenvalue weighted by Crippen LogP contribution is -2.17. The molecule has 6 heteroatoms. The van der Waals surface area contributed by atoms with Crippen LogP contribution in [0.3, 0.4) is 0 Å². The van der Waals surface area contributed by atoms with E-state index in [0.717, 1.165) is 10.0 Å². The summed E-state index contributed by atoms with van der Waals surface area (Å²) in [6, 6.07) is 14.7. The second-order valence-corrected chi connectivity index (χ2v) is 5.55. The van der Waals surface area contributed by atoms with Crippen LogP contribution in [0, 0.1) is 56.7 Å². The van der Waals surface area contributed by atoms with Gasteiger partial charge in [-0.15, -0.1) is 0 Å². The SMILES string of the molecule is N#CC(C#N)=C(N)[C@]1(C#N)[C@H](C#N)[C@H]1c1cccc(Br)c1. The van der Waals surface area contributed by atoms with Gasteiger partial charge in [0.1, 0.15) is 23.1 Å². The number of hydrogen-bond acceptors (Lipinski definition) is 5. The van der Waals surface area contributed by atoms with Crippen molar-refractivity contribution in [3.05, 3.63) is 45.6 Å². The molecule has 0 amide bonds. The molecule has 0 unspecified atom stereocenters. The van der Waals surface area contributed by atoms with E-state index < -0.39 is 17.3 Å². The van der Waals surface area contributed by atoms with E-state index >= 15 is 0 Å². The third-order valence-corrected chi connectivity index (χ3v) is 4.17. The van der Waals surface area contributed by atoms with Crippen molar-refractivity contribution in [1.82, 2.24) is 0 Å². The van der Waals surface area contributed by atoms with Crippen LogP contribution in [0.5, 0.6) is 0 Å².